The van der Waals surface area contributed by atoms with Crippen molar-refractivity contribution < 1.29 is 9.59 Å². The van der Waals surface area contributed by atoms with Crippen LogP contribution in [0.3, 0.4) is 0 Å². The van der Waals surface area contributed by atoms with Gasteiger partial charge in [0.05, 0.1) is 0 Å². The van der Waals surface area contributed by atoms with E-state index in [1.54, 1.807) is 0 Å². The van der Waals surface area contributed by atoms with Crippen LogP contribution in [0.5, 0.6) is 0 Å². The molecule has 4 aliphatic carbocycles. The maximum atomic E-state index is 13.7. The maximum absolute atomic E-state index is 13.7. The van der Waals surface area contributed by atoms with Gasteiger partial charge in [0, 0.05) is 17.8 Å². The normalized spacial score (nSPS) is 44.0. The van der Waals surface area contributed by atoms with Crippen molar-refractivity contribution in [2.24, 2.45) is 45.3 Å². The lowest BCUT2D eigenvalue weighted by molar-refractivity contribution is -0.155. The van der Waals surface area contributed by atoms with Crippen molar-refractivity contribution in [3.63, 3.8) is 0 Å². The fourth-order valence-electron chi connectivity index (χ4n) is 9.01. The predicted octanol–water partition coefficient (Wildman–Crippen LogP) is 7.50. The van der Waals surface area contributed by atoms with E-state index in [1.165, 1.54) is 24.8 Å². The molecule has 3 fully saturated rings. The number of carbonyl (C=O) groups is 2. The summed E-state index contributed by atoms with van der Waals surface area (Å²) in [4.78, 5) is 26.4. The summed E-state index contributed by atoms with van der Waals surface area (Å²) in [5.41, 5.74) is 2.24. The lowest BCUT2D eigenvalue weighted by Crippen LogP contribution is -2.59. The van der Waals surface area contributed by atoms with Gasteiger partial charge >= 0.3 is 0 Å². The first-order chi connectivity index (χ1) is 14.8. The Hall–Kier alpha value is -1.44. The molecule has 7 atom stereocenters. The van der Waals surface area contributed by atoms with E-state index in [9.17, 15) is 9.59 Å². The summed E-state index contributed by atoms with van der Waals surface area (Å²) in [6, 6.07) is 0. The Labute approximate surface area is 196 Å². The van der Waals surface area contributed by atoms with Gasteiger partial charge in [-0.05, 0) is 85.5 Å². The van der Waals surface area contributed by atoms with Crippen LogP contribution in [-0.4, -0.2) is 11.6 Å². The van der Waals surface area contributed by atoms with Crippen LogP contribution < -0.4 is 0 Å². The third-order valence-electron chi connectivity index (χ3n) is 11.0. The molecule has 0 unspecified atom stereocenters. The summed E-state index contributed by atoms with van der Waals surface area (Å²) in [5, 5.41) is 0. The quantitative estimate of drug-likeness (QED) is 0.428. The average molecular weight is 437 g/mol. The van der Waals surface area contributed by atoms with E-state index in [2.05, 4.69) is 53.3 Å². The van der Waals surface area contributed by atoms with Crippen molar-refractivity contribution in [3.8, 4) is 0 Å². The van der Waals surface area contributed by atoms with Crippen LogP contribution in [0, 0.1) is 45.3 Å². The second-order valence-electron chi connectivity index (χ2n) is 13.0. The van der Waals surface area contributed by atoms with Gasteiger partial charge in [0.2, 0.25) is 0 Å². The molecule has 0 amide bonds. The molecule has 0 N–H and O–H groups in total. The molecule has 4 aliphatic rings. The highest BCUT2D eigenvalue weighted by Crippen LogP contribution is 2.72. The molecular weight excluding hydrogens is 392 g/mol. The van der Waals surface area contributed by atoms with E-state index in [-0.39, 0.29) is 33.7 Å². The SMILES string of the molecule is C=C(C)/C=C/C[C@H](C)[C@@H]1CC[C@]2(C)C3=CC(=O)[C@H]4C(C)(C)C(=O)CC[C@]4(C)[C@H]3CC[C@@]12C. The lowest BCUT2D eigenvalue weighted by Gasteiger charge is -2.62. The molecule has 0 aromatic carbocycles. The van der Waals surface area contributed by atoms with Crippen molar-refractivity contribution >= 4 is 11.6 Å². The summed E-state index contributed by atoms with van der Waals surface area (Å²) in [6.45, 7) is 19.8. The van der Waals surface area contributed by atoms with E-state index in [0.29, 0.717) is 24.2 Å². The van der Waals surface area contributed by atoms with E-state index >= 15 is 0 Å². The van der Waals surface area contributed by atoms with Crippen molar-refractivity contribution in [2.45, 2.75) is 93.4 Å². The van der Waals surface area contributed by atoms with Crippen LogP contribution >= 0.6 is 0 Å². The fourth-order valence-corrected chi connectivity index (χ4v) is 9.01. The van der Waals surface area contributed by atoms with E-state index < -0.39 is 5.41 Å². The molecule has 0 spiro atoms. The Morgan fingerprint density at radius 2 is 1.81 bits per heavy atom. The van der Waals surface area contributed by atoms with Crippen LogP contribution in [0.25, 0.3) is 0 Å². The van der Waals surface area contributed by atoms with Gasteiger partial charge in [-0.3, -0.25) is 9.59 Å². The highest BCUT2D eigenvalue weighted by molar-refractivity contribution is 6.00. The Morgan fingerprint density at radius 3 is 2.47 bits per heavy atom. The first-order valence-corrected chi connectivity index (χ1v) is 12.9. The number of allylic oxidation sites excluding steroid dienone is 5. The van der Waals surface area contributed by atoms with Gasteiger partial charge in [-0.1, -0.05) is 71.4 Å². The number of ketones is 2. The minimum absolute atomic E-state index is 0.0855. The number of hydrogen-bond acceptors (Lipinski definition) is 2. The molecule has 3 saturated carbocycles. The molecule has 0 radical (unpaired) electrons. The van der Waals surface area contributed by atoms with Crippen LogP contribution in [0.2, 0.25) is 0 Å². The molecule has 0 aromatic heterocycles. The van der Waals surface area contributed by atoms with Crippen molar-refractivity contribution in [2.75, 3.05) is 0 Å². The first kappa shape index (κ1) is 23.7. The van der Waals surface area contributed by atoms with Crippen LogP contribution in [-0.2, 0) is 9.59 Å². The van der Waals surface area contributed by atoms with E-state index in [4.69, 9.17) is 0 Å². The smallest absolute Gasteiger partial charge is 0.160 e. The zero-order valence-corrected chi connectivity index (χ0v) is 21.5. The lowest BCUT2D eigenvalue weighted by atomic mass is 9.41. The molecule has 2 heteroatoms. The molecule has 2 nitrogen and oxygen atoms in total. The highest BCUT2D eigenvalue weighted by atomic mass is 16.1. The molecule has 0 heterocycles. The fraction of sp³-hybridized carbons (Fsp3) is 0.733. The highest BCUT2D eigenvalue weighted by Gasteiger charge is 2.66. The maximum Gasteiger partial charge on any atom is 0.160 e. The second kappa shape index (κ2) is 7.54. The largest absolute Gasteiger partial charge is 0.299 e. The Morgan fingerprint density at radius 1 is 1.12 bits per heavy atom. The minimum atomic E-state index is -0.546. The standard InChI is InChI=1S/C30H44O2/c1-19(2)10-9-11-20(3)21-12-16-30(8)23-18-24(31)26-27(4,5)25(32)14-15-28(26,6)22(23)13-17-29(21,30)7/h9-10,18,20-22,26H,1,11-17H2,2-8H3/b10-9+/t20-,21-,22-,26-,28+,29-,30+/m0/s1. The van der Waals surface area contributed by atoms with Crippen molar-refractivity contribution in [1.82, 2.24) is 0 Å². The van der Waals surface area contributed by atoms with E-state index in [1.807, 2.05) is 19.9 Å². The summed E-state index contributed by atoms with van der Waals surface area (Å²) in [5.74, 6) is 2.07. The van der Waals surface area contributed by atoms with Gasteiger partial charge in [0.25, 0.3) is 0 Å². The van der Waals surface area contributed by atoms with Gasteiger partial charge in [0.1, 0.15) is 5.78 Å². The second-order valence-corrected chi connectivity index (χ2v) is 13.0. The molecule has 0 aliphatic heterocycles. The summed E-state index contributed by atoms with van der Waals surface area (Å²) >= 11 is 0. The third kappa shape index (κ3) is 3.11. The summed E-state index contributed by atoms with van der Waals surface area (Å²) in [7, 11) is 0. The molecule has 0 aromatic rings. The number of carbonyl (C=O) groups excluding carboxylic acids is 2. The van der Waals surface area contributed by atoms with Gasteiger partial charge in [-0.25, -0.2) is 0 Å². The number of hydrogen-bond donors (Lipinski definition) is 0. The molecular formula is C30H44O2. The van der Waals surface area contributed by atoms with Crippen molar-refractivity contribution in [3.05, 3.63) is 36.0 Å². The Balaban J connectivity index is 1.70. The molecule has 0 bridgehead atoms. The monoisotopic (exact) mass is 436 g/mol. The zero-order valence-electron chi connectivity index (χ0n) is 21.5. The van der Waals surface area contributed by atoms with Crippen LogP contribution in [0.1, 0.15) is 93.4 Å². The van der Waals surface area contributed by atoms with Gasteiger partial charge in [0.15, 0.2) is 5.78 Å². The summed E-state index contributed by atoms with van der Waals surface area (Å²) in [6.07, 6.45) is 13.9. The number of fused-ring (bicyclic) bond motifs is 5. The van der Waals surface area contributed by atoms with Crippen LogP contribution in [0.15, 0.2) is 36.0 Å². The zero-order chi connectivity index (χ0) is 23.7. The first-order valence-electron chi connectivity index (χ1n) is 12.9. The van der Waals surface area contributed by atoms with Gasteiger partial charge < -0.3 is 0 Å². The third-order valence-corrected chi connectivity index (χ3v) is 11.0. The molecule has 32 heavy (non-hydrogen) atoms. The number of rotatable bonds is 4. The Bertz CT molecular complexity index is 904. The molecule has 0 saturated heterocycles. The van der Waals surface area contributed by atoms with Gasteiger partial charge in [-0.15, -0.1) is 0 Å². The number of Topliss-reactive ketones (excluding diaryl/α,β-unsaturated/α-hetero) is 1. The van der Waals surface area contributed by atoms with E-state index in [0.717, 1.165) is 24.8 Å². The molecule has 4 rings (SSSR count). The van der Waals surface area contributed by atoms with Crippen LogP contribution in [0.4, 0.5) is 0 Å². The predicted molar refractivity (Wildman–Crippen MR) is 132 cm³/mol. The van der Waals surface area contributed by atoms with Crippen molar-refractivity contribution in [1.29, 1.82) is 0 Å². The minimum Gasteiger partial charge on any atom is -0.299 e. The van der Waals surface area contributed by atoms with Gasteiger partial charge in [-0.2, -0.15) is 0 Å². The molecule has 176 valence electrons. The summed E-state index contributed by atoms with van der Waals surface area (Å²) < 4.78 is 0. The Kier molecular flexibility index (Phi) is 5.58. The topological polar surface area (TPSA) is 34.1 Å². The average Bonchev–Trinajstić information content (AvgIpc) is 2.96.